The van der Waals surface area contributed by atoms with Crippen LogP contribution in [-0.4, -0.2) is 61.1 Å². The van der Waals surface area contributed by atoms with E-state index >= 15 is 0 Å². The highest BCUT2D eigenvalue weighted by atomic mass is 35.5. The molecule has 0 bridgehead atoms. The zero-order valence-corrected chi connectivity index (χ0v) is 15.3. The molecule has 3 N–H and O–H groups in total. The Hall–Kier alpha value is -0.360. The van der Waals surface area contributed by atoms with Crippen LogP contribution in [0, 0.1) is 11.8 Å². The molecule has 0 saturated carbocycles. The molecule has 22 heavy (non-hydrogen) atoms. The summed E-state index contributed by atoms with van der Waals surface area (Å²) in [5.41, 5.74) is 5.26. The molecule has 0 spiro atoms. The van der Waals surface area contributed by atoms with Crippen LogP contribution in [0.3, 0.4) is 0 Å². The summed E-state index contributed by atoms with van der Waals surface area (Å²) >= 11 is 0. The smallest absolute Gasteiger partial charge is 0.257 e. The Kier molecular flexibility index (Phi) is 7.12. The monoisotopic (exact) mass is 332 g/mol. The molecule has 2 aliphatic heterocycles. The van der Waals surface area contributed by atoms with Gasteiger partial charge in [-0.05, 0) is 72.0 Å². The molecule has 2 fully saturated rings. The van der Waals surface area contributed by atoms with Gasteiger partial charge in [0.2, 0.25) is 0 Å². The van der Waals surface area contributed by atoms with Crippen LogP contribution in [0.15, 0.2) is 0 Å². The molecule has 2 rings (SSSR count). The van der Waals surface area contributed by atoms with Crippen molar-refractivity contribution >= 4 is 18.3 Å². The maximum absolute atomic E-state index is 12.5. The first-order valence-corrected chi connectivity index (χ1v) is 8.31. The molecule has 0 radical (unpaired) electrons. The van der Waals surface area contributed by atoms with Gasteiger partial charge in [-0.15, -0.1) is 12.4 Å². The third-order valence-corrected chi connectivity index (χ3v) is 5.52. The molecular formula is C16H33ClN4O. The topological polar surface area (TPSA) is 61.6 Å². The molecule has 0 aromatic carbocycles. The van der Waals surface area contributed by atoms with Crippen molar-refractivity contribution in [2.45, 2.75) is 51.2 Å². The van der Waals surface area contributed by atoms with Crippen LogP contribution in [0.25, 0.3) is 0 Å². The number of nitrogens with one attached hydrogen (secondary N) is 1. The summed E-state index contributed by atoms with van der Waals surface area (Å²) < 4.78 is 0. The first-order chi connectivity index (χ1) is 9.82. The summed E-state index contributed by atoms with van der Waals surface area (Å²) in [6, 6.07) is 0.643. The first-order valence-electron chi connectivity index (χ1n) is 8.31. The summed E-state index contributed by atoms with van der Waals surface area (Å²) in [4.78, 5) is 16.3. The lowest BCUT2D eigenvalue weighted by Gasteiger charge is -2.42. The Balaban J connectivity index is 0.00000242. The Bertz CT molecular complexity index is 367. The second-order valence-electron chi connectivity index (χ2n) is 7.31. The number of carbonyl (C=O) groups is 1. The van der Waals surface area contributed by atoms with Crippen molar-refractivity contribution < 1.29 is 4.79 Å². The van der Waals surface area contributed by atoms with Crippen LogP contribution < -0.4 is 11.1 Å². The van der Waals surface area contributed by atoms with Gasteiger partial charge < -0.3 is 16.0 Å². The number of piperidine rings is 2. The van der Waals surface area contributed by atoms with Crippen LogP contribution in [0.1, 0.15) is 39.5 Å². The minimum atomic E-state index is -0.893. The maximum atomic E-state index is 12.5. The van der Waals surface area contributed by atoms with Gasteiger partial charge in [0.05, 0.1) is 0 Å². The second-order valence-corrected chi connectivity index (χ2v) is 7.31. The highest BCUT2D eigenvalue weighted by molar-refractivity contribution is 5.85. The highest BCUT2D eigenvalue weighted by Gasteiger charge is 2.37. The fourth-order valence-corrected chi connectivity index (χ4v) is 3.68. The molecule has 2 heterocycles. The van der Waals surface area contributed by atoms with E-state index in [9.17, 15) is 4.79 Å². The van der Waals surface area contributed by atoms with Gasteiger partial charge >= 0.3 is 0 Å². The van der Waals surface area contributed by atoms with Gasteiger partial charge in [-0.25, -0.2) is 0 Å². The molecule has 3 atom stereocenters. The minimum absolute atomic E-state index is 0. The van der Waals surface area contributed by atoms with Gasteiger partial charge in [0, 0.05) is 19.1 Å². The van der Waals surface area contributed by atoms with Crippen molar-refractivity contribution in [3.05, 3.63) is 0 Å². The number of halogens is 1. The summed E-state index contributed by atoms with van der Waals surface area (Å²) in [6.45, 7) is 6.95. The van der Waals surface area contributed by atoms with Crippen LogP contribution in [0.5, 0.6) is 0 Å². The van der Waals surface area contributed by atoms with Gasteiger partial charge in [0.25, 0.3) is 5.91 Å². The number of nitrogens with zero attached hydrogens (tertiary/aromatic N) is 2. The van der Waals surface area contributed by atoms with E-state index in [1.165, 1.54) is 12.8 Å². The van der Waals surface area contributed by atoms with E-state index in [1.54, 1.807) is 11.8 Å². The Labute approximate surface area is 141 Å². The molecule has 5 nitrogen and oxygen atoms in total. The summed E-state index contributed by atoms with van der Waals surface area (Å²) in [5, 5.41) is 3.52. The van der Waals surface area contributed by atoms with Crippen LogP contribution in [0.2, 0.25) is 0 Å². The number of hydrogen-bond acceptors (Lipinski definition) is 4. The lowest BCUT2D eigenvalue weighted by atomic mass is 9.77. The lowest BCUT2D eigenvalue weighted by Crippen LogP contribution is -2.62. The number of nitrogens with two attached hydrogens (primary N) is 1. The zero-order valence-electron chi connectivity index (χ0n) is 14.5. The average Bonchev–Trinajstić information content (AvgIpc) is 2.46. The SMILES string of the molecule is CC1CC(C2CCN(C(=O)[C@@](C)(N)N(C)C)CC2)CCN1.Cl. The average molecular weight is 333 g/mol. The van der Waals surface area contributed by atoms with Crippen molar-refractivity contribution in [1.82, 2.24) is 15.1 Å². The van der Waals surface area contributed by atoms with Crippen molar-refractivity contribution in [2.24, 2.45) is 17.6 Å². The maximum Gasteiger partial charge on any atom is 0.257 e. The predicted octanol–water partition coefficient (Wildman–Crippen LogP) is 1.27. The zero-order chi connectivity index (χ0) is 15.6. The van der Waals surface area contributed by atoms with Gasteiger partial charge in [0.15, 0.2) is 0 Å². The molecule has 130 valence electrons. The fraction of sp³-hybridized carbons (Fsp3) is 0.938. The van der Waals surface area contributed by atoms with Crippen molar-refractivity contribution in [2.75, 3.05) is 33.7 Å². The van der Waals surface area contributed by atoms with Crippen LogP contribution in [0.4, 0.5) is 0 Å². The normalized spacial score (nSPS) is 29.8. The third kappa shape index (κ3) is 4.34. The number of amides is 1. The van der Waals surface area contributed by atoms with E-state index < -0.39 is 5.66 Å². The summed E-state index contributed by atoms with van der Waals surface area (Å²) in [7, 11) is 3.72. The number of likely N-dealkylation sites (tertiary alicyclic amines) is 1. The third-order valence-electron chi connectivity index (χ3n) is 5.52. The van der Waals surface area contributed by atoms with E-state index in [1.807, 2.05) is 19.0 Å². The van der Waals surface area contributed by atoms with E-state index in [-0.39, 0.29) is 18.3 Å². The molecule has 0 aliphatic carbocycles. The molecule has 6 heteroatoms. The van der Waals surface area contributed by atoms with Gasteiger partial charge in [0.1, 0.15) is 5.66 Å². The van der Waals surface area contributed by atoms with Crippen molar-refractivity contribution in [1.29, 1.82) is 0 Å². The van der Waals surface area contributed by atoms with E-state index in [2.05, 4.69) is 12.2 Å². The Morgan fingerprint density at radius 2 is 1.82 bits per heavy atom. The highest BCUT2D eigenvalue weighted by Crippen LogP contribution is 2.32. The largest absolute Gasteiger partial charge is 0.340 e. The van der Waals surface area contributed by atoms with E-state index in [0.717, 1.165) is 44.3 Å². The second kappa shape index (κ2) is 7.95. The standard InChI is InChI=1S/C16H32N4O.ClH/c1-12-11-14(5-8-18-12)13-6-9-20(10-7-13)15(21)16(2,17)19(3)4;/h12-14,18H,5-11,17H2,1-4H3;1H/t12?,14?,16-;/m0./s1. The lowest BCUT2D eigenvalue weighted by molar-refractivity contribution is -0.143. The quantitative estimate of drug-likeness (QED) is 0.764. The van der Waals surface area contributed by atoms with Crippen molar-refractivity contribution in [3.8, 4) is 0 Å². The summed E-state index contributed by atoms with van der Waals surface area (Å²) in [5.74, 6) is 1.67. The molecule has 2 unspecified atom stereocenters. The Morgan fingerprint density at radius 1 is 1.23 bits per heavy atom. The number of rotatable bonds is 3. The molecule has 1 amide bonds. The Morgan fingerprint density at radius 3 is 2.32 bits per heavy atom. The van der Waals surface area contributed by atoms with Crippen LogP contribution in [-0.2, 0) is 4.79 Å². The first kappa shape index (κ1) is 19.7. The van der Waals surface area contributed by atoms with Gasteiger partial charge in [-0.2, -0.15) is 0 Å². The molecule has 0 aromatic rings. The number of hydrogen-bond donors (Lipinski definition) is 2. The molecular weight excluding hydrogens is 300 g/mol. The molecule has 2 aliphatic rings. The molecule has 0 aromatic heterocycles. The van der Waals surface area contributed by atoms with E-state index in [4.69, 9.17) is 5.73 Å². The number of likely N-dealkylation sites (N-methyl/N-ethyl adjacent to an activating group) is 1. The fourth-order valence-electron chi connectivity index (χ4n) is 3.68. The van der Waals surface area contributed by atoms with Crippen molar-refractivity contribution in [3.63, 3.8) is 0 Å². The van der Waals surface area contributed by atoms with Gasteiger partial charge in [-0.3, -0.25) is 9.69 Å². The van der Waals surface area contributed by atoms with Gasteiger partial charge in [-0.1, -0.05) is 0 Å². The minimum Gasteiger partial charge on any atom is -0.340 e. The summed E-state index contributed by atoms with van der Waals surface area (Å²) in [6.07, 6.45) is 4.83. The van der Waals surface area contributed by atoms with Crippen LogP contribution >= 0.6 is 12.4 Å². The molecule has 2 saturated heterocycles. The van der Waals surface area contributed by atoms with E-state index in [0.29, 0.717) is 6.04 Å². The predicted molar refractivity (Wildman–Crippen MR) is 93.0 cm³/mol. The number of carbonyl (C=O) groups excluding carboxylic acids is 1.